The SMILES string of the molecule is Cc1ccc(CCCCCOC(C(=O)N(C)CCCCCc2ccc3cc(O)ccc3c2)C(OCC(=O)O)C(=O)O)cc1C. The van der Waals surface area contributed by atoms with Gasteiger partial charge in [0.1, 0.15) is 12.4 Å². The van der Waals surface area contributed by atoms with Crippen LogP contribution in [0.1, 0.15) is 60.8 Å². The van der Waals surface area contributed by atoms with Gasteiger partial charge in [-0.3, -0.25) is 4.79 Å². The second kappa shape index (κ2) is 17.4. The minimum atomic E-state index is -1.73. The first kappa shape index (κ1) is 34.5. The van der Waals surface area contributed by atoms with Gasteiger partial charge in [0.2, 0.25) is 0 Å². The maximum Gasteiger partial charge on any atom is 0.336 e. The number of likely N-dealkylation sites (N-methyl/N-ethyl adjacent to an activating group) is 1. The number of benzene rings is 3. The first-order valence-corrected chi connectivity index (χ1v) is 15.3. The number of carboxylic acids is 2. The van der Waals surface area contributed by atoms with E-state index in [2.05, 4.69) is 38.1 Å². The molecule has 0 radical (unpaired) electrons. The zero-order chi connectivity index (χ0) is 32.1. The number of fused-ring (bicyclic) bond motifs is 1. The number of phenolic OH excluding ortho intramolecular Hbond substituents is 1. The smallest absolute Gasteiger partial charge is 0.336 e. The van der Waals surface area contributed by atoms with Crippen LogP contribution in [0.3, 0.4) is 0 Å². The lowest BCUT2D eigenvalue weighted by atomic mass is 10.0. The quantitative estimate of drug-likeness (QED) is 0.148. The summed E-state index contributed by atoms with van der Waals surface area (Å²) in [5.74, 6) is -3.08. The molecule has 3 rings (SSSR count). The number of aliphatic carboxylic acids is 2. The van der Waals surface area contributed by atoms with Crippen molar-refractivity contribution in [2.24, 2.45) is 0 Å². The molecular formula is C35H45NO8. The number of hydrogen-bond acceptors (Lipinski definition) is 6. The van der Waals surface area contributed by atoms with Gasteiger partial charge in [0.15, 0.2) is 12.2 Å². The van der Waals surface area contributed by atoms with Crippen molar-refractivity contribution in [1.82, 2.24) is 4.90 Å². The zero-order valence-corrected chi connectivity index (χ0v) is 26.0. The number of ether oxygens (including phenoxy) is 2. The molecule has 0 saturated carbocycles. The summed E-state index contributed by atoms with van der Waals surface area (Å²) >= 11 is 0. The largest absolute Gasteiger partial charge is 0.508 e. The van der Waals surface area contributed by atoms with E-state index in [4.69, 9.17) is 14.6 Å². The molecule has 0 aliphatic rings. The van der Waals surface area contributed by atoms with E-state index in [-0.39, 0.29) is 12.4 Å². The lowest BCUT2D eigenvalue weighted by Gasteiger charge is -2.27. The van der Waals surface area contributed by atoms with Crippen molar-refractivity contribution in [1.29, 1.82) is 0 Å². The van der Waals surface area contributed by atoms with Crippen molar-refractivity contribution in [3.8, 4) is 5.75 Å². The van der Waals surface area contributed by atoms with E-state index in [0.717, 1.165) is 49.3 Å². The summed E-state index contributed by atoms with van der Waals surface area (Å²) < 4.78 is 10.9. The average Bonchev–Trinajstić information content (AvgIpc) is 2.98. The standard InChI is InChI=1S/C35H45NO8/c1-24-12-13-26(20-25(24)2)10-7-5-9-19-43-32(33(35(41)42)44-23-31(38)39)34(40)36(3)18-8-4-6-11-27-14-15-29-22-30(37)17-16-28(29)21-27/h12-17,20-22,32-33,37H,4-11,18-19,23H2,1-3H3,(H,38,39)(H,41,42). The Morgan fingerprint density at radius 1 is 0.727 bits per heavy atom. The summed E-state index contributed by atoms with van der Waals surface area (Å²) in [7, 11) is 1.59. The molecule has 2 unspecified atom stereocenters. The van der Waals surface area contributed by atoms with Crippen molar-refractivity contribution in [2.75, 3.05) is 26.8 Å². The van der Waals surface area contributed by atoms with E-state index in [1.165, 1.54) is 27.2 Å². The molecule has 44 heavy (non-hydrogen) atoms. The van der Waals surface area contributed by atoms with Crippen LogP contribution in [0.2, 0.25) is 0 Å². The van der Waals surface area contributed by atoms with E-state index >= 15 is 0 Å². The molecule has 238 valence electrons. The highest BCUT2D eigenvalue weighted by atomic mass is 16.6. The summed E-state index contributed by atoms with van der Waals surface area (Å²) in [6, 6.07) is 17.9. The van der Waals surface area contributed by atoms with Gasteiger partial charge >= 0.3 is 11.9 Å². The summed E-state index contributed by atoms with van der Waals surface area (Å²) in [6.07, 6.45) is 3.46. The van der Waals surface area contributed by atoms with Gasteiger partial charge in [-0.25, -0.2) is 9.59 Å². The number of amides is 1. The number of aromatic hydroxyl groups is 1. The third-order valence-electron chi connectivity index (χ3n) is 7.85. The topological polar surface area (TPSA) is 134 Å². The fourth-order valence-electron chi connectivity index (χ4n) is 5.14. The summed E-state index contributed by atoms with van der Waals surface area (Å²) in [5.41, 5.74) is 4.96. The molecule has 9 heteroatoms. The van der Waals surface area contributed by atoms with E-state index < -0.39 is 36.7 Å². The third kappa shape index (κ3) is 11.0. The number of rotatable bonds is 19. The van der Waals surface area contributed by atoms with Crippen molar-refractivity contribution in [2.45, 2.75) is 77.4 Å². The Labute approximate surface area is 259 Å². The van der Waals surface area contributed by atoms with Crippen LogP contribution in [0.25, 0.3) is 10.8 Å². The van der Waals surface area contributed by atoms with Crippen molar-refractivity contribution < 1.29 is 39.2 Å². The molecule has 3 aromatic carbocycles. The van der Waals surface area contributed by atoms with Gasteiger partial charge in [0.05, 0.1) is 0 Å². The minimum Gasteiger partial charge on any atom is -0.508 e. The number of unbranched alkanes of at least 4 members (excludes halogenated alkanes) is 4. The number of carbonyl (C=O) groups excluding carboxylic acids is 1. The van der Waals surface area contributed by atoms with Gasteiger partial charge < -0.3 is 29.7 Å². The molecule has 1 amide bonds. The Morgan fingerprint density at radius 3 is 2.05 bits per heavy atom. The normalized spacial score (nSPS) is 12.6. The summed E-state index contributed by atoms with van der Waals surface area (Å²) in [4.78, 5) is 37.8. The Hall–Kier alpha value is -3.95. The number of carbonyl (C=O) groups is 3. The fourth-order valence-corrected chi connectivity index (χ4v) is 5.14. The lowest BCUT2D eigenvalue weighted by molar-refractivity contribution is -0.175. The van der Waals surface area contributed by atoms with Crippen LogP contribution in [0.5, 0.6) is 5.75 Å². The Balaban J connectivity index is 1.48. The second-order valence-electron chi connectivity index (χ2n) is 11.4. The van der Waals surface area contributed by atoms with E-state index in [1.54, 1.807) is 19.2 Å². The molecule has 3 aromatic rings. The van der Waals surface area contributed by atoms with Crippen LogP contribution >= 0.6 is 0 Å². The Kier molecular flexibility index (Phi) is 13.6. The molecule has 0 bridgehead atoms. The number of hydrogen-bond donors (Lipinski definition) is 3. The molecule has 0 aliphatic carbocycles. The molecule has 0 spiro atoms. The van der Waals surface area contributed by atoms with Crippen LogP contribution in [0.4, 0.5) is 0 Å². The molecule has 0 fully saturated rings. The average molecular weight is 608 g/mol. The van der Waals surface area contributed by atoms with Crippen molar-refractivity contribution in [3.05, 3.63) is 76.9 Å². The maximum atomic E-state index is 13.3. The number of aryl methyl sites for hydroxylation is 4. The van der Waals surface area contributed by atoms with E-state index in [1.807, 2.05) is 18.2 Å². The van der Waals surface area contributed by atoms with Gasteiger partial charge in [0.25, 0.3) is 5.91 Å². The van der Waals surface area contributed by atoms with Crippen LogP contribution < -0.4 is 0 Å². The number of nitrogens with zero attached hydrogens (tertiary/aromatic N) is 1. The molecule has 0 aliphatic heterocycles. The molecule has 2 atom stereocenters. The van der Waals surface area contributed by atoms with Crippen LogP contribution in [-0.2, 0) is 36.7 Å². The van der Waals surface area contributed by atoms with Crippen molar-refractivity contribution in [3.63, 3.8) is 0 Å². The lowest BCUT2D eigenvalue weighted by Crippen LogP contribution is -2.50. The minimum absolute atomic E-state index is 0.156. The predicted octanol–water partition coefficient (Wildman–Crippen LogP) is 5.69. The predicted molar refractivity (Wildman–Crippen MR) is 169 cm³/mol. The van der Waals surface area contributed by atoms with Gasteiger partial charge in [-0.05, 0) is 97.5 Å². The van der Waals surface area contributed by atoms with Crippen LogP contribution in [0, 0.1) is 13.8 Å². The van der Waals surface area contributed by atoms with E-state index in [0.29, 0.717) is 19.4 Å². The van der Waals surface area contributed by atoms with Crippen LogP contribution in [-0.4, -0.2) is 77.1 Å². The second-order valence-corrected chi connectivity index (χ2v) is 11.4. The number of carboxylic acid groups (broad SMARTS) is 2. The van der Waals surface area contributed by atoms with Gasteiger partial charge in [-0.15, -0.1) is 0 Å². The highest BCUT2D eigenvalue weighted by Gasteiger charge is 2.37. The summed E-state index contributed by atoms with van der Waals surface area (Å²) in [6.45, 7) is 3.88. The zero-order valence-electron chi connectivity index (χ0n) is 26.0. The fraction of sp³-hybridized carbons (Fsp3) is 0.457. The molecule has 0 aromatic heterocycles. The molecule has 0 heterocycles. The van der Waals surface area contributed by atoms with Gasteiger partial charge in [0, 0.05) is 20.2 Å². The molecule has 3 N–H and O–H groups in total. The number of phenols is 1. The van der Waals surface area contributed by atoms with Gasteiger partial charge in [-0.1, -0.05) is 55.3 Å². The Morgan fingerprint density at radius 2 is 1.36 bits per heavy atom. The van der Waals surface area contributed by atoms with Crippen molar-refractivity contribution >= 4 is 28.6 Å². The highest BCUT2D eigenvalue weighted by molar-refractivity contribution is 5.88. The van der Waals surface area contributed by atoms with Gasteiger partial charge in [-0.2, -0.15) is 0 Å². The Bertz CT molecular complexity index is 1400. The molecular weight excluding hydrogens is 562 g/mol. The molecule has 0 saturated heterocycles. The molecule has 9 nitrogen and oxygen atoms in total. The first-order chi connectivity index (χ1) is 21.0. The highest BCUT2D eigenvalue weighted by Crippen LogP contribution is 2.22. The van der Waals surface area contributed by atoms with E-state index in [9.17, 15) is 24.6 Å². The monoisotopic (exact) mass is 607 g/mol. The maximum absolute atomic E-state index is 13.3. The first-order valence-electron chi connectivity index (χ1n) is 15.3. The van der Waals surface area contributed by atoms with Crippen LogP contribution in [0.15, 0.2) is 54.6 Å². The third-order valence-corrected chi connectivity index (χ3v) is 7.85. The summed E-state index contributed by atoms with van der Waals surface area (Å²) in [5, 5.41) is 30.5.